The standard InChI is InChI=1S/C22H13ClFNO4S2/c23-16-10-13(7-8-18(16)29-21(27)15-5-1-2-6-17(15)24)11-19-20(26)25(22(30)31-19)12-14-4-3-9-28-14/h1-11H,12H2/b19-11-. The van der Waals surface area contributed by atoms with Crippen LogP contribution in [0.25, 0.3) is 6.08 Å². The van der Waals surface area contributed by atoms with Gasteiger partial charge in [0.15, 0.2) is 0 Å². The number of hydrogen-bond acceptors (Lipinski definition) is 6. The summed E-state index contributed by atoms with van der Waals surface area (Å²) in [6, 6.07) is 13.7. The predicted octanol–water partition coefficient (Wildman–Crippen LogP) is 5.69. The first-order valence-corrected chi connectivity index (χ1v) is 10.6. The molecule has 0 N–H and O–H groups in total. The van der Waals surface area contributed by atoms with Crippen LogP contribution >= 0.6 is 35.6 Å². The minimum absolute atomic E-state index is 0.0810. The predicted molar refractivity (Wildman–Crippen MR) is 120 cm³/mol. The Morgan fingerprint density at radius 2 is 2.03 bits per heavy atom. The van der Waals surface area contributed by atoms with Gasteiger partial charge in [0.1, 0.15) is 21.6 Å². The van der Waals surface area contributed by atoms with Crippen molar-refractivity contribution < 1.29 is 23.1 Å². The summed E-state index contributed by atoms with van der Waals surface area (Å²) >= 11 is 12.7. The number of carbonyl (C=O) groups is 2. The van der Waals surface area contributed by atoms with E-state index in [2.05, 4.69) is 0 Å². The topological polar surface area (TPSA) is 59.8 Å². The number of ether oxygens (including phenoxy) is 1. The van der Waals surface area contributed by atoms with Crippen LogP contribution in [0.2, 0.25) is 5.02 Å². The number of rotatable bonds is 5. The molecule has 156 valence electrons. The molecule has 3 aromatic rings. The van der Waals surface area contributed by atoms with Crippen molar-refractivity contribution in [2.75, 3.05) is 0 Å². The van der Waals surface area contributed by atoms with Gasteiger partial charge in [0, 0.05) is 0 Å². The summed E-state index contributed by atoms with van der Waals surface area (Å²) in [5, 5.41) is 0.143. The Balaban J connectivity index is 1.50. The molecule has 1 aromatic heterocycles. The summed E-state index contributed by atoms with van der Waals surface area (Å²) in [5.41, 5.74) is 0.428. The highest BCUT2D eigenvalue weighted by Crippen LogP contribution is 2.35. The fourth-order valence-electron chi connectivity index (χ4n) is 2.82. The van der Waals surface area contributed by atoms with Crippen molar-refractivity contribution in [3.8, 4) is 5.75 Å². The molecule has 0 unspecified atom stereocenters. The largest absolute Gasteiger partial charge is 0.467 e. The van der Waals surface area contributed by atoms with E-state index in [1.165, 1.54) is 53.3 Å². The smallest absolute Gasteiger partial charge is 0.346 e. The zero-order valence-corrected chi connectivity index (χ0v) is 18.1. The van der Waals surface area contributed by atoms with Gasteiger partial charge < -0.3 is 9.15 Å². The highest BCUT2D eigenvalue weighted by molar-refractivity contribution is 8.26. The molecule has 0 spiro atoms. The van der Waals surface area contributed by atoms with Gasteiger partial charge in [-0.2, -0.15) is 0 Å². The van der Waals surface area contributed by atoms with E-state index in [4.69, 9.17) is 33.0 Å². The summed E-state index contributed by atoms with van der Waals surface area (Å²) in [4.78, 5) is 26.8. The maximum Gasteiger partial charge on any atom is 0.346 e. The number of halogens is 2. The molecular formula is C22H13ClFNO4S2. The zero-order chi connectivity index (χ0) is 22.0. The second kappa shape index (κ2) is 9.05. The van der Waals surface area contributed by atoms with Crippen molar-refractivity contribution >= 4 is 57.9 Å². The van der Waals surface area contributed by atoms with Gasteiger partial charge in [0.2, 0.25) is 0 Å². The lowest BCUT2D eigenvalue weighted by molar-refractivity contribution is -0.122. The molecule has 2 heterocycles. The molecule has 0 aliphatic carbocycles. The maximum atomic E-state index is 13.8. The van der Waals surface area contributed by atoms with E-state index < -0.39 is 11.8 Å². The van der Waals surface area contributed by atoms with Crippen LogP contribution in [-0.4, -0.2) is 21.1 Å². The van der Waals surface area contributed by atoms with E-state index in [0.717, 1.165) is 0 Å². The molecule has 0 saturated carbocycles. The van der Waals surface area contributed by atoms with E-state index in [9.17, 15) is 14.0 Å². The van der Waals surface area contributed by atoms with Crippen LogP contribution in [0.1, 0.15) is 21.7 Å². The molecule has 31 heavy (non-hydrogen) atoms. The molecule has 1 amide bonds. The Morgan fingerprint density at radius 3 is 2.74 bits per heavy atom. The minimum Gasteiger partial charge on any atom is -0.467 e. The summed E-state index contributed by atoms with van der Waals surface area (Å²) < 4.78 is 24.7. The van der Waals surface area contributed by atoms with Gasteiger partial charge in [-0.25, -0.2) is 9.18 Å². The third-order valence-corrected chi connectivity index (χ3v) is 5.99. The van der Waals surface area contributed by atoms with E-state index >= 15 is 0 Å². The lowest BCUT2D eigenvalue weighted by Crippen LogP contribution is -2.27. The van der Waals surface area contributed by atoms with Crippen molar-refractivity contribution in [1.29, 1.82) is 0 Å². The van der Waals surface area contributed by atoms with E-state index in [1.807, 2.05) is 0 Å². The van der Waals surface area contributed by atoms with Gasteiger partial charge in [-0.1, -0.05) is 53.8 Å². The normalized spacial score (nSPS) is 15.0. The van der Waals surface area contributed by atoms with Crippen LogP contribution in [0.4, 0.5) is 4.39 Å². The van der Waals surface area contributed by atoms with Crippen LogP contribution in [0, 0.1) is 5.82 Å². The number of furan rings is 1. The van der Waals surface area contributed by atoms with Gasteiger partial charge >= 0.3 is 5.97 Å². The molecule has 5 nitrogen and oxygen atoms in total. The molecule has 9 heteroatoms. The second-order valence-corrected chi connectivity index (χ2v) is 8.49. The second-order valence-electron chi connectivity index (χ2n) is 6.41. The Bertz CT molecular complexity index is 1210. The van der Waals surface area contributed by atoms with Gasteiger partial charge in [-0.3, -0.25) is 9.69 Å². The number of esters is 1. The Morgan fingerprint density at radius 1 is 1.23 bits per heavy atom. The Labute approximate surface area is 191 Å². The lowest BCUT2D eigenvalue weighted by Gasteiger charge is -2.12. The SMILES string of the molecule is O=C(Oc1ccc(/C=C2\SC(=S)N(Cc3ccco3)C2=O)cc1Cl)c1ccccc1F. The molecule has 0 bridgehead atoms. The first kappa shape index (κ1) is 21.3. The van der Waals surface area contributed by atoms with Crippen LogP contribution in [0.3, 0.4) is 0 Å². The summed E-state index contributed by atoms with van der Waals surface area (Å²) in [5.74, 6) is -1.07. The van der Waals surface area contributed by atoms with Crippen LogP contribution in [-0.2, 0) is 11.3 Å². The summed E-state index contributed by atoms with van der Waals surface area (Å²) in [6.45, 7) is 0.251. The number of nitrogens with zero attached hydrogens (tertiary/aromatic N) is 1. The van der Waals surface area contributed by atoms with Crippen molar-refractivity contribution in [3.05, 3.63) is 93.5 Å². The third kappa shape index (κ3) is 4.71. The average Bonchev–Trinajstić information content (AvgIpc) is 3.34. The van der Waals surface area contributed by atoms with E-state index in [1.54, 1.807) is 30.3 Å². The fourth-order valence-corrected chi connectivity index (χ4v) is 4.30. The molecule has 0 radical (unpaired) electrons. The van der Waals surface area contributed by atoms with Crippen LogP contribution in [0.5, 0.6) is 5.75 Å². The average molecular weight is 474 g/mol. The molecule has 1 aliphatic heterocycles. The van der Waals surface area contributed by atoms with Crippen molar-refractivity contribution in [2.45, 2.75) is 6.54 Å². The molecular weight excluding hydrogens is 461 g/mol. The summed E-state index contributed by atoms with van der Waals surface area (Å²) in [7, 11) is 0. The van der Waals surface area contributed by atoms with Crippen LogP contribution < -0.4 is 4.74 Å². The number of thiocarbonyl (C=S) groups is 1. The fraction of sp³-hybridized carbons (Fsp3) is 0.0455. The Hall–Kier alpha value is -2.94. The quantitative estimate of drug-likeness (QED) is 0.205. The van der Waals surface area contributed by atoms with Crippen molar-refractivity contribution in [2.24, 2.45) is 0 Å². The molecule has 1 saturated heterocycles. The number of carbonyl (C=O) groups excluding carboxylic acids is 2. The first-order chi connectivity index (χ1) is 14.9. The van der Waals surface area contributed by atoms with E-state index in [-0.39, 0.29) is 28.8 Å². The maximum absolute atomic E-state index is 13.8. The number of thioether (sulfide) groups is 1. The summed E-state index contributed by atoms with van der Waals surface area (Å²) in [6.07, 6.45) is 3.18. The van der Waals surface area contributed by atoms with Gasteiger partial charge in [-0.15, -0.1) is 0 Å². The molecule has 1 fully saturated rings. The highest BCUT2D eigenvalue weighted by Gasteiger charge is 2.32. The number of amides is 1. The molecule has 0 atom stereocenters. The first-order valence-electron chi connectivity index (χ1n) is 8.96. The van der Waals surface area contributed by atoms with E-state index in [0.29, 0.717) is 20.5 Å². The van der Waals surface area contributed by atoms with Gasteiger partial charge in [0.05, 0.1) is 28.3 Å². The highest BCUT2D eigenvalue weighted by atomic mass is 35.5. The van der Waals surface area contributed by atoms with Crippen LogP contribution in [0.15, 0.2) is 70.2 Å². The lowest BCUT2D eigenvalue weighted by atomic mass is 10.2. The van der Waals surface area contributed by atoms with Crippen molar-refractivity contribution in [3.63, 3.8) is 0 Å². The Kier molecular flexibility index (Phi) is 6.22. The van der Waals surface area contributed by atoms with Crippen molar-refractivity contribution in [1.82, 2.24) is 4.90 Å². The number of benzene rings is 2. The number of hydrogen-bond donors (Lipinski definition) is 0. The van der Waals surface area contributed by atoms with Gasteiger partial charge in [0.25, 0.3) is 5.91 Å². The minimum atomic E-state index is -0.855. The molecule has 4 rings (SSSR count). The molecule has 2 aromatic carbocycles. The van der Waals surface area contributed by atoms with Gasteiger partial charge in [-0.05, 0) is 48.0 Å². The monoisotopic (exact) mass is 473 g/mol. The third-order valence-electron chi connectivity index (χ3n) is 4.32. The molecule has 1 aliphatic rings. The zero-order valence-electron chi connectivity index (χ0n) is 15.7.